The van der Waals surface area contributed by atoms with Crippen LogP contribution in [-0.2, 0) is 47.7 Å². The fraction of sp³-hybridized carbons (Fsp3) is 0.771. The third-order valence-electron chi connectivity index (χ3n) is 12.5. The molecule has 9 atom stereocenters. The number of aliphatic hydroxyl groups is 1. The zero-order valence-electron chi connectivity index (χ0n) is 41.3. The van der Waals surface area contributed by atoms with E-state index >= 15 is 0 Å². The van der Waals surface area contributed by atoms with Crippen molar-refractivity contribution in [3.8, 4) is 0 Å². The number of hydrogen-bond donors (Lipinski definition) is 4. The number of benzene rings is 1. The molecule has 0 aliphatic carbocycles. The summed E-state index contributed by atoms with van der Waals surface area (Å²) in [5.41, 5.74) is 6.09. The molecule has 5 amide bonds. The third-order valence-corrected chi connectivity index (χ3v) is 12.5. The molecule has 1 aromatic carbocycles. The maximum atomic E-state index is 14.4. The fourth-order valence-corrected chi connectivity index (χ4v) is 8.43. The number of nitrogens with two attached hydrogens (primary N) is 1. The van der Waals surface area contributed by atoms with Crippen molar-refractivity contribution >= 4 is 29.5 Å². The lowest BCUT2D eigenvalue weighted by molar-refractivity contribution is -0.146. The molecule has 1 saturated heterocycles. The number of rotatable bonds is 32. The molecule has 0 aromatic heterocycles. The largest absolute Gasteiger partial charge is 0.386 e. The standard InChI is InChI=1S/C48H84N6O11/c1-12-34(6)38(20-21-40(55)54-23-16-19-39(54)45(61-11)35(7)46(58)50-36(8)44(57)37-17-14-13-15-18-37)52(9)48(60)42(32(2)3)51-47(59)43(33(4)5)53(10)41(56)31-65-30-29-64-28-27-63-26-25-62-24-22-49/h13-15,17-18,32-36,38-39,42-45,57H,12,16,19-31,49H2,1-11H3,(H,50,58)(H,51,59)/t34-,35+,36+,38+,39-,42?,43-,44+,45+/m0/s1. The van der Waals surface area contributed by atoms with Crippen LogP contribution in [0.25, 0.3) is 0 Å². The van der Waals surface area contributed by atoms with Crippen LogP contribution in [0.1, 0.15) is 99.2 Å². The second kappa shape index (κ2) is 30.6. The van der Waals surface area contributed by atoms with Crippen molar-refractivity contribution < 1.29 is 52.8 Å². The normalized spacial score (nSPS) is 17.8. The Kier molecular flexibility index (Phi) is 27.0. The Morgan fingerprint density at radius 2 is 1.40 bits per heavy atom. The van der Waals surface area contributed by atoms with Gasteiger partial charge < -0.3 is 59.9 Å². The Labute approximate surface area is 389 Å². The molecule has 17 nitrogen and oxygen atoms in total. The second-order valence-electron chi connectivity index (χ2n) is 18.0. The number of nitrogens with one attached hydrogen (secondary N) is 2. The van der Waals surface area contributed by atoms with E-state index in [-0.39, 0.29) is 79.7 Å². The molecule has 5 N–H and O–H groups in total. The second-order valence-corrected chi connectivity index (χ2v) is 18.0. The summed E-state index contributed by atoms with van der Waals surface area (Å²) in [6.45, 7) is 18.4. The van der Waals surface area contributed by atoms with Gasteiger partial charge in [0, 0.05) is 46.8 Å². The lowest BCUT2D eigenvalue weighted by Gasteiger charge is -2.38. The lowest BCUT2D eigenvalue weighted by atomic mass is 9.91. The van der Waals surface area contributed by atoms with Crippen LogP contribution in [0.5, 0.6) is 0 Å². The Bertz CT molecular complexity index is 1550. The van der Waals surface area contributed by atoms with Gasteiger partial charge in [-0.1, -0.05) is 85.2 Å². The number of likely N-dealkylation sites (tertiary alicyclic amines) is 1. The van der Waals surface area contributed by atoms with Crippen molar-refractivity contribution in [2.75, 3.05) is 87.1 Å². The van der Waals surface area contributed by atoms with Gasteiger partial charge in [0.05, 0.1) is 76.5 Å². The van der Waals surface area contributed by atoms with Crippen molar-refractivity contribution in [1.82, 2.24) is 25.3 Å². The van der Waals surface area contributed by atoms with E-state index in [1.165, 1.54) is 4.90 Å². The van der Waals surface area contributed by atoms with Crippen molar-refractivity contribution in [3.63, 3.8) is 0 Å². The number of hydrogen-bond acceptors (Lipinski definition) is 12. The van der Waals surface area contributed by atoms with Gasteiger partial charge >= 0.3 is 0 Å². The number of ether oxygens (including phenoxy) is 5. The average molecular weight is 921 g/mol. The van der Waals surface area contributed by atoms with Gasteiger partial charge in [0.15, 0.2) is 0 Å². The number of carbonyl (C=O) groups is 5. The first-order chi connectivity index (χ1) is 30.9. The molecule has 2 rings (SSSR count). The minimum atomic E-state index is -0.887. The zero-order valence-corrected chi connectivity index (χ0v) is 41.3. The van der Waals surface area contributed by atoms with Gasteiger partial charge in [0.25, 0.3) is 0 Å². The van der Waals surface area contributed by atoms with Crippen molar-refractivity contribution in [2.45, 2.75) is 130 Å². The molecule has 1 aliphatic rings. The van der Waals surface area contributed by atoms with Crippen molar-refractivity contribution in [2.24, 2.45) is 29.4 Å². The van der Waals surface area contributed by atoms with Gasteiger partial charge in [0.1, 0.15) is 18.7 Å². The highest BCUT2D eigenvalue weighted by molar-refractivity contribution is 5.92. The first kappa shape index (κ1) is 57.4. The van der Waals surface area contributed by atoms with E-state index in [4.69, 9.17) is 29.4 Å². The van der Waals surface area contributed by atoms with Crippen molar-refractivity contribution in [3.05, 3.63) is 35.9 Å². The first-order valence-electron chi connectivity index (χ1n) is 23.6. The molecular formula is C48H84N6O11. The average Bonchev–Trinajstić information content (AvgIpc) is 3.77. The Morgan fingerprint density at radius 1 is 0.815 bits per heavy atom. The molecule has 65 heavy (non-hydrogen) atoms. The smallest absolute Gasteiger partial charge is 0.249 e. The van der Waals surface area contributed by atoms with Gasteiger partial charge in [-0.15, -0.1) is 0 Å². The van der Waals surface area contributed by atoms with Crippen LogP contribution in [0.15, 0.2) is 30.3 Å². The fourth-order valence-electron chi connectivity index (χ4n) is 8.43. The van der Waals surface area contributed by atoms with Crippen LogP contribution in [0, 0.1) is 23.7 Å². The van der Waals surface area contributed by atoms with E-state index in [0.717, 1.165) is 12.8 Å². The summed E-state index contributed by atoms with van der Waals surface area (Å²) < 4.78 is 27.6. The minimum Gasteiger partial charge on any atom is -0.386 e. The summed E-state index contributed by atoms with van der Waals surface area (Å²) >= 11 is 0. The number of nitrogens with zero attached hydrogens (tertiary/aromatic N) is 3. The quantitative estimate of drug-likeness (QED) is 0.0769. The first-order valence-corrected chi connectivity index (χ1v) is 23.6. The van der Waals surface area contributed by atoms with E-state index in [0.29, 0.717) is 64.5 Å². The zero-order chi connectivity index (χ0) is 48.6. The number of likely N-dealkylation sites (N-methyl/N-ethyl adjacent to an activating group) is 2. The topological polar surface area (TPSA) is 212 Å². The molecule has 372 valence electrons. The van der Waals surface area contributed by atoms with Crippen LogP contribution in [0.4, 0.5) is 0 Å². The maximum Gasteiger partial charge on any atom is 0.249 e. The molecule has 17 heteroatoms. The summed E-state index contributed by atoms with van der Waals surface area (Å²) in [7, 11) is 4.84. The van der Waals surface area contributed by atoms with Gasteiger partial charge in [-0.25, -0.2) is 0 Å². The lowest BCUT2D eigenvalue weighted by Crippen LogP contribution is -2.59. The summed E-state index contributed by atoms with van der Waals surface area (Å²) in [5.74, 6) is -2.57. The summed E-state index contributed by atoms with van der Waals surface area (Å²) in [4.78, 5) is 73.9. The van der Waals surface area contributed by atoms with Gasteiger partial charge in [0.2, 0.25) is 29.5 Å². The van der Waals surface area contributed by atoms with E-state index in [1.807, 2.05) is 69.9 Å². The van der Waals surface area contributed by atoms with Gasteiger partial charge in [-0.2, -0.15) is 0 Å². The van der Waals surface area contributed by atoms with Crippen LogP contribution < -0.4 is 16.4 Å². The van der Waals surface area contributed by atoms with Crippen molar-refractivity contribution in [1.29, 1.82) is 0 Å². The molecule has 1 fully saturated rings. The number of aliphatic hydroxyl groups excluding tert-OH is 1. The predicted octanol–water partition coefficient (Wildman–Crippen LogP) is 3.17. The molecule has 1 aliphatic heterocycles. The van der Waals surface area contributed by atoms with Crippen LogP contribution in [0.2, 0.25) is 0 Å². The van der Waals surface area contributed by atoms with Gasteiger partial charge in [-0.05, 0) is 49.5 Å². The van der Waals surface area contributed by atoms with E-state index in [9.17, 15) is 29.1 Å². The molecule has 1 heterocycles. The van der Waals surface area contributed by atoms with E-state index < -0.39 is 42.2 Å². The Hall–Kier alpha value is -3.71. The summed E-state index contributed by atoms with van der Waals surface area (Å²) in [5, 5.41) is 16.8. The summed E-state index contributed by atoms with van der Waals surface area (Å²) in [6.07, 6.45) is 1.32. The Balaban J connectivity index is 2.03. The maximum absolute atomic E-state index is 14.4. The van der Waals surface area contributed by atoms with Gasteiger partial charge in [-0.3, -0.25) is 24.0 Å². The van der Waals surface area contributed by atoms with Crippen LogP contribution >= 0.6 is 0 Å². The number of amides is 5. The molecule has 0 spiro atoms. The minimum absolute atomic E-state index is 0.0379. The van der Waals surface area contributed by atoms with Crippen LogP contribution in [0.3, 0.4) is 0 Å². The molecule has 0 bridgehead atoms. The van der Waals surface area contributed by atoms with E-state index in [1.54, 1.807) is 40.0 Å². The SMILES string of the molecule is CC[C@H](C)[C@@H](CCC(=O)N1CCC[C@H]1[C@H](OC)[C@@H](C)C(=O)N[C@H](C)[C@@H](O)c1ccccc1)N(C)C(=O)C(NC(=O)[C@H](C(C)C)N(C)C(=O)COCCOCCOCCOCCN)C(C)C. The van der Waals surface area contributed by atoms with E-state index in [2.05, 4.69) is 17.6 Å². The Morgan fingerprint density at radius 3 is 1.94 bits per heavy atom. The molecule has 1 unspecified atom stereocenters. The third kappa shape index (κ3) is 18.5. The molecular weight excluding hydrogens is 837 g/mol. The molecule has 0 radical (unpaired) electrons. The predicted molar refractivity (Wildman–Crippen MR) is 249 cm³/mol. The summed E-state index contributed by atoms with van der Waals surface area (Å²) in [6, 6.07) is 6.23. The molecule has 1 aromatic rings. The number of carbonyl (C=O) groups excluding carboxylic acids is 5. The van der Waals surface area contributed by atoms with Crippen LogP contribution in [-0.4, -0.2) is 173 Å². The monoisotopic (exact) mass is 921 g/mol. The highest BCUT2D eigenvalue weighted by Crippen LogP contribution is 2.29. The molecule has 0 saturated carbocycles. The highest BCUT2D eigenvalue weighted by Gasteiger charge is 2.41. The highest BCUT2D eigenvalue weighted by atomic mass is 16.6. The number of methoxy groups -OCH3 is 1.